The number of nitrogens with two attached hydrogens (primary N) is 2. The Bertz CT molecular complexity index is 747. The average Bonchev–Trinajstić information content (AvgIpc) is 3.00. The van der Waals surface area contributed by atoms with Crippen molar-refractivity contribution in [2.45, 2.75) is 20.0 Å². The summed E-state index contributed by atoms with van der Waals surface area (Å²) in [6, 6.07) is 3.95. The Morgan fingerprint density at radius 2 is 1.96 bits per heavy atom. The zero-order valence-electron chi connectivity index (χ0n) is 16.0. The molecule has 2 aromatic heterocycles. The van der Waals surface area contributed by atoms with Gasteiger partial charge in [-0.15, -0.1) is 0 Å². The van der Waals surface area contributed by atoms with E-state index >= 15 is 0 Å². The zero-order valence-corrected chi connectivity index (χ0v) is 16.0. The quantitative estimate of drug-likeness (QED) is 0.357. The second-order valence-electron chi connectivity index (χ2n) is 6.65. The molecule has 0 bridgehead atoms. The number of ether oxygens (including phenoxy) is 1. The van der Waals surface area contributed by atoms with Gasteiger partial charge in [-0.2, -0.15) is 0 Å². The third-order valence-electron chi connectivity index (χ3n) is 4.79. The van der Waals surface area contributed by atoms with Crippen LogP contribution in [0.1, 0.15) is 12.7 Å². The van der Waals surface area contributed by atoms with E-state index in [-0.39, 0.29) is 5.96 Å². The van der Waals surface area contributed by atoms with Gasteiger partial charge in [-0.25, -0.2) is 9.97 Å². The Hall–Kier alpha value is -2.23. The smallest absolute Gasteiger partial charge is 0.185 e. The van der Waals surface area contributed by atoms with E-state index in [1.807, 2.05) is 25.3 Å². The van der Waals surface area contributed by atoms with Gasteiger partial charge in [0.05, 0.1) is 19.7 Å². The van der Waals surface area contributed by atoms with Crippen LogP contribution in [0, 0.1) is 0 Å². The Balaban J connectivity index is 1.60. The molecule has 0 radical (unpaired) electrons. The number of piperazine rings is 1. The topological polar surface area (TPSA) is 111 Å². The van der Waals surface area contributed by atoms with E-state index in [1.54, 1.807) is 0 Å². The molecular weight excluding hydrogens is 344 g/mol. The highest BCUT2D eigenvalue weighted by Gasteiger charge is 2.20. The first-order valence-corrected chi connectivity index (χ1v) is 9.55. The van der Waals surface area contributed by atoms with Crippen LogP contribution in [0.4, 0.5) is 0 Å². The molecule has 0 aromatic carbocycles. The van der Waals surface area contributed by atoms with Gasteiger partial charge in [0.2, 0.25) is 0 Å². The minimum atomic E-state index is 0.160. The number of hydrogen-bond donors (Lipinski definition) is 2. The maximum Gasteiger partial charge on any atom is 0.185 e. The van der Waals surface area contributed by atoms with Crippen LogP contribution in [0.2, 0.25) is 0 Å². The molecule has 0 saturated carbocycles. The normalized spacial score (nSPS) is 16.0. The van der Waals surface area contributed by atoms with E-state index < -0.39 is 0 Å². The summed E-state index contributed by atoms with van der Waals surface area (Å²) in [6.07, 6.45) is 1.82. The maximum absolute atomic E-state index is 5.54. The molecule has 9 nitrogen and oxygen atoms in total. The van der Waals surface area contributed by atoms with Gasteiger partial charge in [0.1, 0.15) is 11.3 Å². The molecule has 1 saturated heterocycles. The molecule has 27 heavy (non-hydrogen) atoms. The van der Waals surface area contributed by atoms with E-state index in [2.05, 4.69) is 24.3 Å². The van der Waals surface area contributed by atoms with Crippen LogP contribution in [0.3, 0.4) is 0 Å². The number of aromatic nitrogens is 3. The number of hydrogen-bond acceptors (Lipinski definition) is 6. The molecule has 1 aliphatic rings. The predicted octanol–water partition coefficient (Wildman–Crippen LogP) is -0.141. The van der Waals surface area contributed by atoms with Gasteiger partial charge in [0, 0.05) is 52.1 Å². The first-order valence-electron chi connectivity index (χ1n) is 9.55. The van der Waals surface area contributed by atoms with E-state index in [9.17, 15) is 0 Å². The summed E-state index contributed by atoms with van der Waals surface area (Å²) in [6.45, 7) is 10.6. The van der Waals surface area contributed by atoms with Gasteiger partial charge in [-0.05, 0) is 19.1 Å². The summed E-state index contributed by atoms with van der Waals surface area (Å²) < 4.78 is 7.73. The number of rotatable bonds is 9. The first-order chi connectivity index (χ1) is 13.2. The van der Waals surface area contributed by atoms with E-state index in [0.717, 1.165) is 69.4 Å². The van der Waals surface area contributed by atoms with Crippen LogP contribution >= 0.6 is 0 Å². The summed E-state index contributed by atoms with van der Waals surface area (Å²) in [5.74, 6) is 1.21. The highest BCUT2D eigenvalue weighted by atomic mass is 16.5. The zero-order chi connectivity index (χ0) is 19.1. The van der Waals surface area contributed by atoms with Crippen molar-refractivity contribution in [2.24, 2.45) is 16.5 Å². The van der Waals surface area contributed by atoms with Gasteiger partial charge in [-0.3, -0.25) is 14.8 Å². The van der Waals surface area contributed by atoms with Crippen molar-refractivity contribution in [3.63, 3.8) is 0 Å². The lowest BCUT2D eigenvalue weighted by atomic mass is 10.3. The highest BCUT2D eigenvalue weighted by Crippen LogP contribution is 2.16. The minimum Gasteiger partial charge on any atom is -0.380 e. The Kier molecular flexibility index (Phi) is 6.97. The number of aliphatic imine (C=N–C) groups is 1. The van der Waals surface area contributed by atoms with E-state index in [1.165, 1.54) is 0 Å². The van der Waals surface area contributed by atoms with Crippen LogP contribution < -0.4 is 11.5 Å². The predicted molar refractivity (Wildman–Crippen MR) is 106 cm³/mol. The van der Waals surface area contributed by atoms with E-state index in [0.29, 0.717) is 13.2 Å². The molecule has 0 aliphatic carbocycles. The SMILES string of the molecule is CCOCCn1c(CN2CCN(CCN=C(N)N)CC2)nc2cccnc21. The van der Waals surface area contributed by atoms with Crippen molar-refractivity contribution >= 4 is 17.1 Å². The third kappa shape index (κ3) is 5.38. The van der Waals surface area contributed by atoms with Crippen LogP contribution in [-0.2, 0) is 17.8 Å². The fourth-order valence-electron chi connectivity index (χ4n) is 3.35. The minimum absolute atomic E-state index is 0.160. The second-order valence-corrected chi connectivity index (χ2v) is 6.65. The average molecular weight is 374 g/mol. The van der Waals surface area contributed by atoms with Crippen molar-refractivity contribution in [1.82, 2.24) is 24.3 Å². The largest absolute Gasteiger partial charge is 0.380 e. The standard InChI is InChI=1S/C18H30N8O/c1-2-27-13-12-26-16(23-15-4-3-5-21-17(15)26)14-25-10-8-24(9-11-25)7-6-22-18(19)20/h3-5H,2,6-14H2,1H3,(H4,19,20,22). The molecule has 1 aliphatic heterocycles. The van der Waals surface area contributed by atoms with Crippen LogP contribution in [0.15, 0.2) is 23.3 Å². The van der Waals surface area contributed by atoms with E-state index in [4.69, 9.17) is 21.2 Å². The number of nitrogens with zero attached hydrogens (tertiary/aromatic N) is 6. The molecule has 0 atom stereocenters. The van der Waals surface area contributed by atoms with Gasteiger partial charge in [-0.1, -0.05) is 0 Å². The Morgan fingerprint density at radius 1 is 1.19 bits per heavy atom. The third-order valence-corrected chi connectivity index (χ3v) is 4.79. The fourth-order valence-corrected chi connectivity index (χ4v) is 3.35. The molecule has 148 valence electrons. The summed E-state index contributed by atoms with van der Waals surface area (Å²) >= 11 is 0. The second kappa shape index (κ2) is 9.63. The molecule has 3 heterocycles. The molecule has 0 unspecified atom stereocenters. The van der Waals surface area contributed by atoms with Crippen LogP contribution in [-0.4, -0.2) is 82.8 Å². The molecule has 2 aromatic rings. The lowest BCUT2D eigenvalue weighted by molar-refractivity contribution is 0.122. The van der Waals surface area contributed by atoms with Crippen molar-refractivity contribution in [2.75, 3.05) is 52.5 Å². The number of fused-ring (bicyclic) bond motifs is 1. The summed E-state index contributed by atoms with van der Waals surface area (Å²) in [5, 5.41) is 0. The first kappa shape index (κ1) is 19.5. The monoisotopic (exact) mass is 374 g/mol. The molecule has 3 rings (SSSR count). The highest BCUT2D eigenvalue weighted by molar-refractivity contribution is 5.75. The molecule has 1 fully saturated rings. The van der Waals surface area contributed by atoms with Gasteiger partial charge >= 0.3 is 0 Å². The Labute approximate surface area is 160 Å². The van der Waals surface area contributed by atoms with Gasteiger partial charge in [0.15, 0.2) is 11.6 Å². The van der Waals surface area contributed by atoms with Crippen molar-refractivity contribution in [1.29, 1.82) is 0 Å². The Morgan fingerprint density at radius 3 is 2.70 bits per heavy atom. The van der Waals surface area contributed by atoms with Crippen LogP contribution in [0.5, 0.6) is 0 Å². The van der Waals surface area contributed by atoms with Gasteiger partial charge < -0.3 is 20.8 Å². The summed E-state index contributed by atoms with van der Waals surface area (Å²) in [5.41, 5.74) is 12.6. The number of imidazole rings is 1. The molecule has 4 N–H and O–H groups in total. The summed E-state index contributed by atoms with van der Waals surface area (Å²) in [4.78, 5) is 18.2. The summed E-state index contributed by atoms with van der Waals surface area (Å²) in [7, 11) is 0. The number of guanidine groups is 1. The fraction of sp³-hybridized carbons (Fsp3) is 0.611. The molecule has 0 spiro atoms. The maximum atomic E-state index is 5.54. The van der Waals surface area contributed by atoms with Gasteiger partial charge in [0.25, 0.3) is 0 Å². The van der Waals surface area contributed by atoms with Crippen LogP contribution in [0.25, 0.3) is 11.2 Å². The van der Waals surface area contributed by atoms with Crippen molar-refractivity contribution < 1.29 is 4.74 Å². The number of pyridine rings is 1. The molecular formula is C18H30N8O. The lowest BCUT2D eigenvalue weighted by Gasteiger charge is -2.34. The van der Waals surface area contributed by atoms with Crippen molar-refractivity contribution in [3.8, 4) is 0 Å². The lowest BCUT2D eigenvalue weighted by Crippen LogP contribution is -2.47. The molecule has 9 heteroatoms. The molecule has 0 amide bonds. The van der Waals surface area contributed by atoms with Crippen molar-refractivity contribution in [3.05, 3.63) is 24.2 Å².